The first-order chi connectivity index (χ1) is 7.84. The van der Waals surface area contributed by atoms with Crippen LogP contribution in [0.25, 0.3) is 0 Å². The van der Waals surface area contributed by atoms with Crippen LogP contribution in [-0.2, 0) is 14.3 Å². The molecule has 0 aromatic rings. The number of hydrogen-bond donors (Lipinski definition) is 2. The van der Waals surface area contributed by atoms with Crippen molar-refractivity contribution in [2.45, 2.75) is 19.3 Å². The van der Waals surface area contributed by atoms with E-state index in [1.54, 1.807) is 0 Å². The van der Waals surface area contributed by atoms with E-state index in [-0.39, 0.29) is 11.8 Å². The van der Waals surface area contributed by atoms with Gasteiger partial charge in [0.05, 0.1) is 6.61 Å². The Morgan fingerprint density at radius 1 is 1.38 bits per heavy atom. The summed E-state index contributed by atoms with van der Waals surface area (Å²) in [5, 5.41) is 2.92. The first kappa shape index (κ1) is 13.4. The van der Waals surface area contributed by atoms with E-state index < -0.39 is 0 Å². The van der Waals surface area contributed by atoms with Crippen molar-refractivity contribution >= 4 is 5.91 Å². The maximum absolute atomic E-state index is 11.7. The van der Waals surface area contributed by atoms with Crippen molar-refractivity contribution in [3.05, 3.63) is 0 Å². The highest BCUT2D eigenvalue weighted by atomic mass is 16.5. The van der Waals surface area contributed by atoms with Gasteiger partial charge in [0, 0.05) is 38.8 Å². The molecule has 0 aromatic carbocycles. The fourth-order valence-corrected chi connectivity index (χ4v) is 1.68. The van der Waals surface area contributed by atoms with E-state index in [0.29, 0.717) is 39.5 Å². The third-order valence-corrected chi connectivity index (χ3v) is 2.62. The Morgan fingerprint density at radius 3 is 2.81 bits per heavy atom. The minimum Gasteiger partial charge on any atom is -0.381 e. The highest BCUT2D eigenvalue weighted by Gasteiger charge is 2.20. The van der Waals surface area contributed by atoms with Crippen LogP contribution in [0.15, 0.2) is 0 Å². The second kappa shape index (κ2) is 8.50. The molecule has 1 rings (SSSR count). The van der Waals surface area contributed by atoms with Crippen LogP contribution in [-0.4, -0.2) is 45.4 Å². The van der Waals surface area contributed by atoms with Crippen LogP contribution in [0.1, 0.15) is 19.3 Å². The van der Waals surface area contributed by atoms with E-state index in [9.17, 15) is 4.79 Å². The van der Waals surface area contributed by atoms with Crippen molar-refractivity contribution in [3.63, 3.8) is 0 Å². The maximum atomic E-state index is 11.7. The van der Waals surface area contributed by atoms with E-state index in [2.05, 4.69) is 5.32 Å². The molecule has 5 heteroatoms. The highest BCUT2D eigenvalue weighted by molar-refractivity contribution is 5.78. The van der Waals surface area contributed by atoms with Crippen LogP contribution in [0.2, 0.25) is 0 Å². The van der Waals surface area contributed by atoms with Crippen molar-refractivity contribution in [1.29, 1.82) is 0 Å². The number of carbonyl (C=O) groups excluding carboxylic acids is 1. The largest absolute Gasteiger partial charge is 0.381 e. The number of ether oxygens (including phenoxy) is 2. The van der Waals surface area contributed by atoms with Crippen LogP contribution in [0.5, 0.6) is 0 Å². The molecule has 1 amide bonds. The zero-order chi connectivity index (χ0) is 11.6. The lowest BCUT2D eigenvalue weighted by molar-refractivity contribution is -0.127. The molecule has 1 heterocycles. The van der Waals surface area contributed by atoms with Crippen LogP contribution >= 0.6 is 0 Å². The molecule has 0 aromatic heterocycles. The fourth-order valence-electron chi connectivity index (χ4n) is 1.68. The fraction of sp³-hybridized carbons (Fsp3) is 0.909. The molecule has 3 N–H and O–H groups in total. The molecule has 0 spiro atoms. The maximum Gasteiger partial charge on any atom is 0.223 e. The van der Waals surface area contributed by atoms with Crippen LogP contribution in [0.4, 0.5) is 0 Å². The van der Waals surface area contributed by atoms with Crippen LogP contribution in [0.3, 0.4) is 0 Å². The zero-order valence-electron chi connectivity index (χ0n) is 9.74. The molecular formula is C11H22N2O3. The molecule has 0 atom stereocenters. The third-order valence-electron chi connectivity index (χ3n) is 2.62. The lowest BCUT2D eigenvalue weighted by atomic mass is 9.99. The lowest BCUT2D eigenvalue weighted by Gasteiger charge is -2.21. The van der Waals surface area contributed by atoms with Gasteiger partial charge in [0.2, 0.25) is 5.91 Å². The van der Waals surface area contributed by atoms with Gasteiger partial charge in [-0.1, -0.05) is 0 Å². The van der Waals surface area contributed by atoms with Gasteiger partial charge in [-0.05, 0) is 19.3 Å². The van der Waals surface area contributed by atoms with E-state index >= 15 is 0 Å². The summed E-state index contributed by atoms with van der Waals surface area (Å²) in [5.41, 5.74) is 5.28. The molecule has 16 heavy (non-hydrogen) atoms. The number of rotatable bonds is 7. The topological polar surface area (TPSA) is 73.6 Å². The van der Waals surface area contributed by atoms with E-state index in [0.717, 1.165) is 19.3 Å². The quantitative estimate of drug-likeness (QED) is 0.599. The Kier molecular flexibility index (Phi) is 7.12. The van der Waals surface area contributed by atoms with Gasteiger partial charge in [0.25, 0.3) is 0 Å². The summed E-state index contributed by atoms with van der Waals surface area (Å²) < 4.78 is 10.4. The summed E-state index contributed by atoms with van der Waals surface area (Å²) in [6, 6.07) is 0. The lowest BCUT2D eigenvalue weighted by Crippen LogP contribution is -2.35. The molecular weight excluding hydrogens is 208 g/mol. The zero-order valence-corrected chi connectivity index (χ0v) is 9.74. The predicted molar refractivity (Wildman–Crippen MR) is 61.0 cm³/mol. The van der Waals surface area contributed by atoms with Gasteiger partial charge in [0.1, 0.15) is 0 Å². The Labute approximate surface area is 96.7 Å². The molecule has 1 aliphatic heterocycles. The van der Waals surface area contributed by atoms with Crippen molar-refractivity contribution in [2.24, 2.45) is 11.7 Å². The molecule has 5 nitrogen and oxygen atoms in total. The summed E-state index contributed by atoms with van der Waals surface area (Å²) in [7, 11) is 0. The van der Waals surface area contributed by atoms with Gasteiger partial charge < -0.3 is 20.5 Å². The van der Waals surface area contributed by atoms with Crippen molar-refractivity contribution in [1.82, 2.24) is 5.32 Å². The highest BCUT2D eigenvalue weighted by Crippen LogP contribution is 2.14. The second-order valence-corrected chi connectivity index (χ2v) is 3.93. The summed E-state index contributed by atoms with van der Waals surface area (Å²) in [6.45, 7) is 3.89. The summed E-state index contributed by atoms with van der Waals surface area (Å²) in [6.07, 6.45) is 2.53. The normalized spacial score (nSPS) is 17.3. The van der Waals surface area contributed by atoms with Gasteiger partial charge in [-0.25, -0.2) is 0 Å². The molecule has 0 radical (unpaired) electrons. The van der Waals surface area contributed by atoms with Crippen LogP contribution in [0, 0.1) is 5.92 Å². The Morgan fingerprint density at radius 2 is 2.12 bits per heavy atom. The van der Waals surface area contributed by atoms with Crippen molar-refractivity contribution in [2.75, 3.05) is 39.5 Å². The van der Waals surface area contributed by atoms with Crippen molar-refractivity contribution < 1.29 is 14.3 Å². The monoisotopic (exact) mass is 230 g/mol. The number of nitrogens with one attached hydrogen (secondary N) is 1. The first-order valence-electron chi connectivity index (χ1n) is 5.98. The molecule has 1 saturated heterocycles. The number of carbonyl (C=O) groups is 1. The smallest absolute Gasteiger partial charge is 0.223 e. The molecule has 0 saturated carbocycles. The minimum absolute atomic E-state index is 0.138. The summed E-state index contributed by atoms with van der Waals surface area (Å²) in [5.74, 6) is 0.292. The molecule has 1 aliphatic rings. The van der Waals surface area contributed by atoms with Gasteiger partial charge in [0.15, 0.2) is 0 Å². The van der Waals surface area contributed by atoms with E-state index in [1.165, 1.54) is 0 Å². The summed E-state index contributed by atoms with van der Waals surface area (Å²) >= 11 is 0. The number of amides is 1. The molecule has 94 valence electrons. The molecule has 1 fully saturated rings. The first-order valence-corrected chi connectivity index (χ1v) is 5.98. The number of nitrogens with two attached hydrogens (primary N) is 1. The van der Waals surface area contributed by atoms with Crippen LogP contribution < -0.4 is 11.1 Å². The minimum atomic E-state index is 0.138. The molecule has 0 bridgehead atoms. The van der Waals surface area contributed by atoms with E-state index in [1.807, 2.05) is 0 Å². The SMILES string of the molecule is NCCOCCCNC(=O)C1CCOCC1. The van der Waals surface area contributed by atoms with Crippen molar-refractivity contribution in [3.8, 4) is 0 Å². The second-order valence-electron chi connectivity index (χ2n) is 3.93. The predicted octanol–water partition coefficient (Wildman–Crippen LogP) is -0.105. The Balaban J connectivity index is 1.97. The molecule has 0 unspecified atom stereocenters. The Bertz CT molecular complexity index is 194. The number of hydrogen-bond acceptors (Lipinski definition) is 4. The summed E-state index contributed by atoms with van der Waals surface area (Å²) in [4.78, 5) is 11.7. The van der Waals surface area contributed by atoms with Gasteiger partial charge in [-0.3, -0.25) is 4.79 Å². The van der Waals surface area contributed by atoms with E-state index in [4.69, 9.17) is 15.2 Å². The average molecular weight is 230 g/mol. The third kappa shape index (κ3) is 5.44. The standard InChI is InChI=1S/C11H22N2O3/c12-4-9-15-6-1-5-13-11(14)10-2-7-16-8-3-10/h10H,1-9,12H2,(H,13,14). The average Bonchev–Trinajstić information content (AvgIpc) is 2.34. The van der Waals surface area contributed by atoms with Gasteiger partial charge in [-0.2, -0.15) is 0 Å². The molecule has 0 aliphatic carbocycles. The Hall–Kier alpha value is -0.650. The van der Waals surface area contributed by atoms with Gasteiger partial charge >= 0.3 is 0 Å². The van der Waals surface area contributed by atoms with Gasteiger partial charge in [-0.15, -0.1) is 0 Å².